The lowest BCUT2D eigenvalue weighted by Crippen LogP contribution is -2.11. The van der Waals surface area contributed by atoms with Crippen molar-refractivity contribution >= 4 is 11.9 Å². The van der Waals surface area contributed by atoms with Gasteiger partial charge in [0.25, 0.3) is 0 Å². The quantitative estimate of drug-likeness (QED) is 0.343. The second-order valence-corrected chi connectivity index (χ2v) is 1.74. The number of ether oxygens (including phenoxy) is 2. The fourth-order valence-corrected chi connectivity index (χ4v) is 0.365. The van der Waals surface area contributed by atoms with Gasteiger partial charge in [0, 0.05) is 6.42 Å². The van der Waals surface area contributed by atoms with Crippen molar-refractivity contribution in [2.75, 3.05) is 7.11 Å². The first-order valence-corrected chi connectivity index (χ1v) is 3.09. The molecule has 0 aromatic rings. The van der Waals surface area contributed by atoms with Crippen LogP contribution in [0.15, 0.2) is 12.3 Å². The number of hydrogen-bond donors (Lipinski definition) is 0. The number of methoxy groups -OCH3 is 1. The van der Waals surface area contributed by atoms with Gasteiger partial charge < -0.3 is 9.47 Å². The van der Waals surface area contributed by atoms with Crippen LogP contribution in [0, 0.1) is 0 Å². The fourth-order valence-electron chi connectivity index (χ4n) is 0.365. The molecule has 0 heterocycles. The smallest absolute Gasteiger partial charge is 0.373 e. The predicted molar refractivity (Wildman–Crippen MR) is 37.5 cm³/mol. The average Bonchev–Trinajstić information content (AvgIpc) is 2.02. The molecule has 0 aliphatic carbocycles. The Morgan fingerprint density at radius 1 is 1.45 bits per heavy atom. The number of carbonyl (C=O) groups excluding carboxylic acids is 2. The maximum absolute atomic E-state index is 10.6. The molecule has 0 atom stereocenters. The Hall–Kier alpha value is -1.32. The van der Waals surface area contributed by atoms with Crippen LogP contribution in [-0.4, -0.2) is 19.0 Å². The lowest BCUT2D eigenvalue weighted by atomic mass is 10.5. The van der Waals surface area contributed by atoms with Crippen LogP contribution >= 0.6 is 0 Å². The Bertz CT molecular complexity index is 183. The number of rotatable bonds is 3. The molecule has 0 rings (SSSR count). The highest BCUT2D eigenvalue weighted by molar-refractivity contribution is 5.88. The Morgan fingerprint density at radius 2 is 2.00 bits per heavy atom. The molecule has 0 radical (unpaired) electrons. The van der Waals surface area contributed by atoms with Crippen molar-refractivity contribution < 1.29 is 19.1 Å². The van der Waals surface area contributed by atoms with Gasteiger partial charge in [-0.3, -0.25) is 4.79 Å². The van der Waals surface area contributed by atoms with E-state index in [4.69, 9.17) is 0 Å². The van der Waals surface area contributed by atoms with E-state index in [-0.39, 0.29) is 12.2 Å². The molecule has 0 aromatic heterocycles. The summed E-state index contributed by atoms with van der Waals surface area (Å²) >= 11 is 0. The van der Waals surface area contributed by atoms with Gasteiger partial charge in [-0.05, 0) is 6.58 Å². The SMILES string of the molecule is C=C(OC(=O)CC)C(=O)OC. The van der Waals surface area contributed by atoms with Crippen LogP contribution in [0.3, 0.4) is 0 Å². The minimum atomic E-state index is -0.730. The first-order chi connectivity index (χ1) is 5.11. The molecular formula is C7H10O4. The number of esters is 2. The molecule has 0 spiro atoms. The van der Waals surface area contributed by atoms with Gasteiger partial charge in [0.05, 0.1) is 7.11 Å². The third kappa shape index (κ3) is 3.40. The maximum Gasteiger partial charge on any atom is 0.373 e. The minimum absolute atomic E-state index is 0.204. The predicted octanol–water partition coefficient (Wildman–Crippen LogP) is 0.626. The number of hydrogen-bond acceptors (Lipinski definition) is 4. The maximum atomic E-state index is 10.6. The van der Waals surface area contributed by atoms with Crippen LogP contribution < -0.4 is 0 Å². The van der Waals surface area contributed by atoms with Crippen molar-refractivity contribution in [1.29, 1.82) is 0 Å². The third-order valence-corrected chi connectivity index (χ3v) is 0.939. The molecule has 0 saturated carbocycles. The van der Waals surface area contributed by atoms with E-state index >= 15 is 0 Å². The van der Waals surface area contributed by atoms with E-state index < -0.39 is 11.9 Å². The topological polar surface area (TPSA) is 52.6 Å². The summed E-state index contributed by atoms with van der Waals surface area (Å²) in [6.07, 6.45) is 0.204. The van der Waals surface area contributed by atoms with Gasteiger partial charge >= 0.3 is 11.9 Å². The zero-order chi connectivity index (χ0) is 8.85. The summed E-state index contributed by atoms with van der Waals surface area (Å²) in [7, 11) is 1.19. The van der Waals surface area contributed by atoms with Crippen molar-refractivity contribution in [3.63, 3.8) is 0 Å². The zero-order valence-corrected chi connectivity index (χ0v) is 6.55. The summed E-state index contributed by atoms with van der Waals surface area (Å²) in [5.74, 6) is -1.51. The normalized spacial score (nSPS) is 8.55. The van der Waals surface area contributed by atoms with Crippen LogP contribution in [0.1, 0.15) is 13.3 Å². The van der Waals surface area contributed by atoms with Gasteiger partial charge in [-0.15, -0.1) is 0 Å². The fraction of sp³-hybridized carbons (Fsp3) is 0.429. The molecular weight excluding hydrogens is 148 g/mol. The summed E-state index contributed by atoms with van der Waals surface area (Å²) in [6, 6.07) is 0. The standard InChI is InChI=1S/C7H10O4/c1-4-6(8)11-5(2)7(9)10-3/h2,4H2,1,3H3. The van der Waals surface area contributed by atoms with E-state index in [1.54, 1.807) is 6.92 Å². The van der Waals surface area contributed by atoms with Crippen molar-refractivity contribution in [2.24, 2.45) is 0 Å². The highest BCUT2D eigenvalue weighted by Crippen LogP contribution is 1.98. The Kier molecular flexibility index (Phi) is 3.95. The second kappa shape index (κ2) is 4.49. The van der Waals surface area contributed by atoms with Crippen LogP contribution in [0.4, 0.5) is 0 Å². The van der Waals surface area contributed by atoms with E-state index in [0.717, 1.165) is 0 Å². The van der Waals surface area contributed by atoms with E-state index in [2.05, 4.69) is 16.1 Å². The zero-order valence-electron chi connectivity index (χ0n) is 6.55. The largest absolute Gasteiger partial charge is 0.463 e. The van der Waals surface area contributed by atoms with Gasteiger partial charge in [-0.1, -0.05) is 6.92 Å². The molecule has 0 bridgehead atoms. The highest BCUT2D eigenvalue weighted by Gasteiger charge is 2.10. The monoisotopic (exact) mass is 158 g/mol. The molecule has 0 fully saturated rings. The first kappa shape index (κ1) is 9.68. The van der Waals surface area contributed by atoms with E-state index in [9.17, 15) is 9.59 Å². The molecule has 0 aliphatic heterocycles. The minimum Gasteiger partial charge on any atom is -0.463 e. The summed E-state index contributed by atoms with van der Waals surface area (Å²) in [5.41, 5.74) is 0. The third-order valence-electron chi connectivity index (χ3n) is 0.939. The molecule has 0 aliphatic rings. The van der Waals surface area contributed by atoms with Gasteiger partial charge in [0.15, 0.2) is 0 Å². The summed E-state index contributed by atoms with van der Waals surface area (Å²) in [6.45, 7) is 4.81. The average molecular weight is 158 g/mol. The van der Waals surface area contributed by atoms with E-state index in [1.165, 1.54) is 7.11 Å². The molecule has 11 heavy (non-hydrogen) atoms. The lowest BCUT2D eigenvalue weighted by Gasteiger charge is -2.02. The van der Waals surface area contributed by atoms with Crippen LogP contribution in [-0.2, 0) is 19.1 Å². The molecule has 4 heteroatoms. The summed E-state index contributed by atoms with van der Waals surface area (Å²) < 4.78 is 8.69. The molecule has 0 amide bonds. The molecule has 0 aromatic carbocycles. The van der Waals surface area contributed by atoms with Gasteiger partial charge in [0.1, 0.15) is 0 Å². The van der Waals surface area contributed by atoms with Crippen LogP contribution in [0.25, 0.3) is 0 Å². The molecule has 0 N–H and O–H groups in total. The van der Waals surface area contributed by atoms with E-state index in [0.29, 0.717) is 0 Å². The lowest BCUT2D eigenvalue weighted by molar-refractivity contribution is -0.149. The Balaban J connectivity index is 3.88. The van der Waals surface area contributed by atoms with Crippen LogP contribution in [0.5, 0.6) is 0 Å². The van der Waals surface area contributed by atoms with Gasteiger partial charge in [-0.25, -0.2) is 4.79 Å². The molecule has 62 valence electrons. The molecule has 0 saturated heterocycles. The van der Waals surface area contributed by atoms with Crippen LogP contribution in [0.2, 0.25) is 0 Å². The first-order valence-electron chi connectivity index (χ1n) is 3.09. The van der Waals surface area contributed by atoms with Crippen molar-refractivity contribution in [3.8, 4) is 0 Å². The highest BCUT2D eigenvalue weighted by atomic mass is 16.6. The van der Waals surface area contributed by atoms with Crippen molar-refractivity contribution in [3.05, 3.63) is 12.3 Å². The summed E-state index contributed by atoms with van der Waals surface area (Å²) in [5, 5.41) is 0. The molecule has 4 nitrogen and oxygen atoms in total. The Morgan fingerprint density at radius 3 is 2.36 bits per heavy atom. The van der Waals surface area contributed by atoms with Gasteiger partial charge in [-0.2, -0.15) is 0 Å². The Labute approximate surface area is 64.8 Å². The van der Waals surface area contributed by atoms with Crippen molar-refractivity contribution in [1.82, 2.24) is 0 Å². The van der Waals surface area contributed by atoms with Crippen molar-refractivity contribution in [2.45, 2.75) is 13.3 Å². The van der Waals surface area contributed by atoms with Gasteiger partial charge in [0.2, 0.25) is 5.76 Å². The summed E-state index contributed by atoms with van der Waals surface area (Å²) in [4.78, 5) is 21.1. The second-order valence-electron chi connectivity index (χ2n) is 1.74. The van der Waals surface area contributed by atoms with E-state index in [1.807, 2.05) is 0 Å². The molecule has 0 unspecified atom stereocenters. The number of carbonyl (C=O) groups is 2.